The molecule has 0 aliphatic heterocycles. The number of ether oxygens (including phenoxy) is 4. The average molecular weight is 1600 g/mol. The Morgan fingerprint density at radius 3 is 0.745 bits per heavy atom. The summed E-state index contributed by atoms with van der Waals surface area (Å²) in [5.74, 6) is -1.30. The Labute approximate surface area is 675 Å². The van der Waals surface area contributed by atoms with Crippen molar-refractivity contribution in [2.45, 2.75) is 490 Å². The van der Waals surface area contributed by atoms with Crippen molar-refractivity contribution >= 4 is 39.5 Å². The van der Waals surface area contributed by atoms with Gasteiger partial charge in [-0.05, 0) is 57.3 Å². The monoisotopic (exact) mass is 1600 g/mol. The van der Waals surface area contributed by atoms with Gasteiger partial charge in [0, 0.05) is 25.7 Å². The van der Waals surface area contributed by atoms with E-state index in [4.69, 9.17) is 37.0 Å². The van der Waals surface area contributed by atoms with Gasteiger partial charge in [-0.3, -0.25) is 37.3 Å². The number of unbranched alkanes of at least 4 members (excludes halogenated alkanes) is 58. The van der Waals surface area contributed by atoms with E-state index < -0.39 is 97.5 Å². The lowest BCUT2D eigenvalue weighted by Crippen LogP contribution is -2.30. The van der Waals surface area contributed by atoms with E-state index in [1.54, 1.807) is 0 Å². The molecule has 0 aromatic rings. The minimum atomic E-state index is -4.97. The summed E-state index contributed by atoms with van der Waals surface area (Å²) in [4.78, 5) is 73.4. The zero-order chi connectivity index (χ0) is 80.4. The fraction of sp³-hybridized carbons (Fsp3) is 0.912. The second-order valence-electron chi connectivity index (χ2n) is 32.5. The van der Waals surface area contributed by atoms with E-state index in [1.165, 1.54) is 283 Å². The van der Waals surface area contributed by atoms with Crippen LogP contribution in [0.2, 0.25) is 0 Å². The number of allylic oxidation sites excluding steroid dienone is 4. The smallest absolute Gasteiger partial charge is 0.462 e. The van der Waals surface area contributed by atoms with Crippen molar-refractivity contribution in [1.82, 2.24) is 0 Å². The molecule has 5 atom stereocenters. The van der Waals surface area contributed by atoms with E-state index in [0.717, 1.165) is 109 Å². The molecule has 0 saturated carbocycles. The maximum absolute atomic E-state index is 13.2. The highest BCUT2D eigenvalue weighted by Crippen LogP contribution is 2.45. The second kappa shape index (κ2) is 83.0. The molecule has 3 N–H and O–H groups in total. The largest absolute Gasteiger partial charge is 0.472 e. The van der Waals surface area contributed by atoms with Gasteiger partial charge in [-0.15, -0.1) is 0 Å². The Morgan fingerprint density at radius 1 is 0.282 bits per heavy atom. The summed E-state index contributed by atoms with van der Waals surface area (Å²) in [5.41, 5.74) is 0. The van der Waals surface area contributed by atoms with Gasteiger partial charge in [-0.1, -0.05) is 418 Å². The number of hydrogen-bond donors (Lipinski definition) is 3. The lowest BCUT2D eigenvalue weighted by Gasteiger charge is -2.21. The number of aliphatic hydroxyl groups excluding tert-OH is 1. The van der Waals surface area contributed by atoms with Crippen molar-refractivity contribution in [2.24, 2.45) is 5.92 Å². The Morgan fingerprint density at radius 2 is 0.491 bits per heavy atom. The maximum Gasteiger partial charge on any atom is 0.472 e. The molecular formula is C91H174O17P2. The molecule has 0 fully saturated rings. The molecule has 0 aromatic carbocycles. The van der Waals surface area contributed by atoms with Crippen molar-refractivity contribution in [2.75, 3.05) is 39.6 Å². The summed E-state index contributed by atoms with van der Waals surface area (Å²) >= 11 is 0. The van der Waals surface area contributed by atoms with Gasteiger partial charge in [0.1, 0.15) is 19.3 Å². The number of rotatable bonds is 89. The molecule has 0 saturated heterocycles. The number of esters is 4. The van der Waals surface area contributed by atoms with Crippen LogP contribution in [0.15, 0.2) is 24.3 Å². The molecule has 0 heterocycles. The van der Waals surface area contributed by atoms with Crippen molar-refractivity contribution in [3.8, 4) is 0 Å². The van der Waals surface area contributed by atoms with Crippen LogP contribution in [0, 0.1) is 5.92 Å². The quantitative estimate of drug-likeness (QED) is 0.0169. The summed E-state index contributed by atoms with van der Waals surface area (Å²) in [6.45, 7) is 7.36. The van der Waals surface area contributed by atoms with Gasteiger partial charge < -0.3 is 33.8 Å². The van der Waals surface area contributed by atoms with E-state index in [0.29, 0.717) is 25.7 Å². The number of aliphatic hydroxyl groups is 1. The van der Waals surface area contributed by atoms with Crippen molar-refractivity contribution in [3.63, 3.8) is 0 Å². The molecule has 17 nitrogen and oxygen atoms in total. The van der Waals surface area contributed by atoms with Crippen molar-refractivity contribution in [1.29, 1.82) is 0 Å². The normalized spacial score (nSPS) is 13.8. The molecule has 0 aromatic heterocycles. The Hall–Kier alpha value is -2.46. The molecule has 110 heavy (non-hydrogen) atoms. The lowest BCUT2D eigenvalue weighted by molar-refractivity contribution is -0.161. The van der Waals surface area contributed by atoms with Crippen LogP contribution >= 0.6 is 15.6 Å². The van der Waals surface area contributed by atoms with Gasteiger partial charge in [0.05, 0.1) is 26.4 Å². The highest BCUT2D eigenvalue weighted by molar-refractivity contribution is 7.47. The minimum Gasteiger partial charge on any atom is -0.462 e. The fourth-order valence-electron chi connectivity index (χ4n) is 13.8. The first-order valence-electron chi connectivity index (χ1n) is 46.5. The predicted octanol–water partition coefficient (Wildman–Crippen LogP) is 27.9. The van der Waals surface area contributed by atoms with E-state index >= 15 is 0 Å². The van der Waals surface area contributed by atoms with Crippen LogP contribution in [0.1, 0.15) is 471 Å². The van der Waals surface area contributed by atoms with Gasteiger partial charge in [0.2, 0.25) is 0 Å². The van der Waals surface area contributed by atoms with Crippen LogP contribution in [0.5, 0.6) is 0 Å². The van der Waals surface area contributed by atoms with Crippen LogP contribution in [-0.4, -0.2) is 96.7 Å². The summed E-state index contributed by atoms with van der Waals surface area (Å²) in [5, 5.41) is 10.7. The molecular weight excluding hydrogens is 1430 g/mol. The van der Waals surface area contributed by atoms with Crippen LogP contribution in [0.4, 0.5) is 0 Å². The number of phosphoric acid groups is 2. The van der Waals surface area contributed by atoms with Crippen LogP contribution in [0.25, 0.3) is 0 Å². The zero-order valence-electron chi connectivity index (χ0n) is 71.9. The number of phosphoric ester groups is 2. The van der Waals surface area contributed by atoms with Crippen LogP contribution < -0.4 is 0 Å². The number of carbonyl (C=O) groups is 4. The van der Waals surface area contributed by atoms with Gasteiger partial charge in [0.15, 0.2) is 12.2 Å². The molecule has 19 heteroatoms. The van der Waals surface area contributed by atoms with E-state index in [2.05, 4.69) is 58.9 Å². The van der Waals surface area contributed by atoms with Crippen molar-refractivity contribution < 1.29 is 80.2 Å². The number of carbonyl (C=O) groups excluding carboxylic acids is 4. The molecule has 2 unspecified atom stereocenters. The maximum atomic E-state index is 13.2. The van der Waals surface area contributed by atoms with Crippen LogP contribution in [0.3, 0.4) is 0 Å². The first kappa shape index (κ1) is 108. The van der Waals surface area contributed by atoms with E-state index in [-0.39, 0.29) is 25.7 Å². The van der Waals surface area contributed by atoms with Gasteiger partial charge in [-0.25, -0.2) is 9.13 Å². The fourth-order valence-corrected chi connectivity index (χ4v) is 15.4. The van der Waals surface area contributed by atoms with Gasteiger partial charge >= 0.3 is 39.5 Å². The third kappa shape index (κ3) is 83.5. The molecule has 0 aliphatic carbocycles. The topological polar surface area (TPSA) is 237 Å². The molecule has 0 spiro atoms. The minimum absolute atomic E-state index is 0.0860. The SMILES string of the molecule is CCCCCC/C=C\C=C/CCCCCCCC(=O)O[C@H](COC(=O)CCCCCCCCCCCCCC)COP(=O)(O)OC[C@H](O)COP(=O)(O)OC[C@@H](COC(=O)CCCCCCCCCCCCCCCCCCCCC(C)C)OC(=O)CCCCCCCCCCCCCCCCCCCCCCCC. The van der Waals surface area contributed by atoms with Gasteiger partial charge in [-0.2, -0.15) is 0 Å². The zero-order valence-corrected chi connectivity index (χ0v) is 73.7. The highest BCUT2D eigenvalue weighted by atomic mass is 31.2. The third-order valence-electron chi connectivity index (χ3n) is 20.9. The first-order valence-corrected chi connectivity index (χ1v) is 49.4. The standard InChI is InChI=1S/C91H174O17P2/c1-6-9-12-15-18-21-24-27-29-30-31-32-33-34-39-43-47-52-57-62-67-72-77-91(96)108-87(81-102-89(94)75-70-65-60-55-50-45-42-38-36-35-37-41-44-48-53-58-63-68-73-84(4)5)83-106-110(99,100)104-79-85(92)78-103-109(97,98)105-82-86(80-101-88(93)74-69-64-59-54-49-26-23-20-17-14-11-8-3)107-90(95)76-71-66-61-56-51-46-40-28-25-22-19-16-13-10-7-2/h22,25,28,40,84-87,92H,6-21,23-24,26-27,29-39,41-83H2,1-5H3,(H,97,98)(H,99,100)/b25-22-,40-28-/t85-,86+,87+/m0/s1. The summed E-state index contributed by atoms with van der Waals surface area (Å²) in [6, 6.07) is 0. The highest BCUT2D eigenvalue weighted by Gasteiger charge is 2.30. The number of hydrogen-bond acceptors (Lipinski definition) is 15. The Balaban J connectivity index is 5.26. The third-order valence-corrected chi connectivity index (χ3v) is 22.8. The molecule has 0 rings (SSSR count). The molecule has 0 bridgehead atoms. The Bertz CT molecular complexity index is 2180. The van der Waals surface area contributed by atoms with E-state index in [9.17, 15) is 43.2 Å². The van der Waals surface area contributed by atoms with Crippen molar-refractivity contribution in [3.05, 3.63) is 24.3 Å². The second-order valence-corrected chi connectivity index (χ2v) is 35.4. The van der Waals surface area contributed by atoms with Crippen LogP contribution in [-0.2, 0) is 65.4 Å². The van der Waals surface area contributed by atoms with Gasteiger partial charge in [0.25, 0.3) is 0 Å². The summed E-state index contributed by atoms with van der Waals surface area (Å²) in [7, 11) is -9.95. The summed E-state index contributed by atoms with van der Waals surface area (Å²) in [6.07, 6.45) is 81.5. The Kier molecular flexibility index (Phi) is 81.2. The lowest BCUT2D eigenvalue weighted by atomic mass is 10.0. The molecule has 0 radical (unpaired) electrons. The van der Waals surface area contributed by atoms with E-state index in [1.807, 2.05) is 0 Å². The predicted molar refractivity (Wildman–Crippen MR) is 455 cm³/mol. The molecule has 0 aliphatic rings. The average Bonchev–Trinajstić information content (AvgIpc) is 0.901. The summed E-state index contributed by atoms with van der Waals surface area (Å²) < 4.78 is 69.0. The molecule has 0 amide bonds. The first-order chi connectivity index (χ1) is 53.5. The molecule has 650 valence electrons.